The zero-order valence-corrected chi connectivity index (χ0v) is 9.99. The summed E-state index contributed by atoms with van der Waals surface area (Å²) in [5.74, 6) is 0. The molecule has 0 aromatic carbocycles. The molecule has 0 saturated carbocycles. The number of rotatable bonds is 0. The molecule has 69 valence electrons. The van der Waals surface area contributed by atoms with Gasteiger partial charge in [-0.15, -0.1) is 12.8 Å². The standard InChI is InChI=1S/2C5H5.2ClH.V/c2*1-2-4-5-3-1;;;/h2*1-3H,4H2;2*1H;/q2*-1;;;+4/p-2. The Morgan fingerprint density at radius 2 is 1.15 bits per heavy atom. The fourth-order valence-electron chi connectivity index (χ4n) is 0.680. The minimum atomic E-state index is 0. The van der Waals surface area contributed by atoms with Crippen LogP contribution in [0, 0.1) is 12.2 Å². The third kappa shape index (κ3) is 12.1. The van der Waals surface area contributed by atoms with E-state index in [2.05, 4.69) is 24.3 Å². The first-order chi connectivity index (χ1) is 5.00. The average Bonchev–Trinajstić information content (AvgIpc) is 2.67. The monoisotopic (exact) mass is 251 g/mol. The minimum Gasteiger partial charge on any atom is -1.00 e. The van der Waals surface area contributed by atoms with Crippen LogP contribution < -0.4 is 24.8 Å². The van der Waals surface area contributed by atoms with Gasteiger partial charge in [0.1, 0.15) is 0 Å². The molecule has 2 aliphatic carbocycles. The van der Waals surface area contributed by atoms with Gasteiger partial charge in [-0.3, -0.25) is 12.2 Å². The van der Waals surface area contributed by atoms with Gasteiger partial charge in [0.25, 0.3) is 0 Å². The molecule has 0 nitrogen and oxygen atoms in total. The van der Waals surface area contributed by atoms with Gasteiger partial charge in [0.05, 0.1) is 0 Å². The van der Waals surface area contributed by atoms with Crippen LogP contribution in [0.25, 0.3) is 0 Å². The fraction of sp³-hybridized carbons (Fsp3) is 0.200. The minimum absolute atomic E-state index is 0. The predicted octanol–water partition coefficient (Wildman–Crippen LogP) is -3.38. The van der Waals surface area contributed by atoms with Crippen molar-refractivity contribution in [3.63, 3.8) is 0 Å². The first kappa shape index (κ1) is 18.8. The molecule has 0 N–H and O–H groups in total. The molecule has 0 aromatic rings. The molecule has 0 atom stereocenters. The van der Waals surface area contributed by atoms with Crippen LogP contribution in [0.3, 0.4) is 0 Å². The van der Waals surface area contributed by atoms with Gasteiger partial charge in [-0.05, 0) is 0 Å². The molecule has 0 saturated heterocycles. The third-order valence-corrected chi connectivity index (χ3v) is 1.17. The summed E-state index contributed by atoms with van der Waals surface area (Å²) >= 11 is 0. The number of allylic oxidation sites excluding steroid dienone is 8. The van der Waals surface area contributed by atoms with Gasteiger partial charge in [0, 0.05) is 0 Å². The Kier molecular flexibility index (Phi) is 21.2. The molecule has 0 bridgehead atoms. The second-order valence-electron chi connectivity index (χ2n) is 2.01. The van der Waals surface area contributed by atoms with E-state index in [4.69, 9.17) is 0 Å². The van der Waals surface area contributed by atoms with Crippen LogP contribution in [-0.4, -0.2) is 0 Å². The van der Waals surface area contributed by atoms with E-state index in [1.807, 2.05) is 24.3 Å². The quantitative estimate of drug-likeness (QED) is 0.395. The van der Waals surface area contributed by atoms with E-state index in [1.165, 1.54) is 0 Å². The Bertz CT molecular complexity index is 151. The van der Waals surface area contributed by atoms with Crippen molar-refractivity contribution in [2.45, 2.75) is 12.8 Å². The normalized spacial score (nSPS) is 13.5. The molecule has 0 amide bonds. The number of halogens is 2. The van der Waals surface area contributed by atoms with Crippen molar-refractivity contribution in [1.82, 2.24) is 0 Å². The van der Waals surface area contributed by atoms with Gasteiger partial charge in [0.2, 0.25) is 0 Å². The largest absolute Gasteiger partial charge is 4.00 e. The Morgan fingerprint density at radius 3 is 1.23 bits per heavy atom. The Labute approximate surface area is 105 Å². The van der Waals surface area contributed by atoms with Gasteiger partial charge < -0.3 is 24.8 Å². The zero-order valence-electron chi connectivity index (χ0n) is 7.08. The second kappa shape index (κ2) is 14.6. The van der Waals surface area contributed by atoms with Crippen molar-refractivity contribution in [3.05, 3.63) is 48.6 Å². The number of hydrogen-bond acceptors (Lipinski definition) is 0. The summed E-state index contributed by atoms with van der Waals surface area (Å²) in [5, 5.41) is 0. The van der Waals surface area contributed by atoms with Crippen molar-refractivity contribution in [3.8, 4) is 0 Å². The van der Waals surface area contributed by atoms with Crippen LogP contribution in [0.4, 0.5) is 0 Å². The van der Waals surface area contributed by atoms with Gasteiger partial charge in [-0.2, -0.15) is 12.2 Å². The summed E-state index contributed by atoms with van der Waals surface area (Å²) in [4.78, 5) is 0. The van der Waals surface area contributed by atoms with Crippen molar-refractivity contribution < 1.29 is 43.4 Å². The molecule has 0 unspecified atom stereocenters. The molecule has 1 radical (unpaired) electrons. The summed E-state index contributed by atoms with van der Waals surface area (Å²) < 4.78 is 0. The van der Waals surface area contributed by atoms with Crippen molar-refractivity contribution >= 4 is 0 Å². The van der Waals surface area contributed by atoms with Crippen LogP contribution in [0.5, 0.6) is 0 Å². The summed E-state index contributed by atoms with van der Waals surface area (Å²) in [5.41, 5.74) is 0. The van der Waals surface area contributed by atoms with E-state index in [1.54, 1.807) is 0 Å². The van der Waals surface area contributed by atoms with Crippen LogP contribution in [0.1, 0.15) is 12.8 Å². The van der Waals surface area contributed by atoms with Crippen LogP contribution in [0.2, 0.25) is 0 Å². The van der Waals surface area contributed by atoms with Crippen molar-refractivity contribution in [1.29, 1.82) is 0 Å². The van der Waals surface area contributed by atoms with Gasteiger partial charge in [-0.1, -0.05) is 0 Å². The molecule has 0 fully saturated rings. The smallest absolute Gasteiger partial charge is 1.00 e. The molecule has 0 spiro atoms. The van der Waals surface area contributed by atoms with E-state index >= 15 is 0 Å². The summed E-state index contributed by atoms with van der Waals surface area (Å²) in [6, 6.07) is 0. The Morgan fingerprint density at radius 1 is 0.769 bits per heavy atom. The summed E-state index contributed by atoms with van der Waals surface area (Å²) in [7, 11) is 0. The van der Waals surface area contributed by atoms with Gasteiger partial charge in [0.15, 0.2) is 0 Å². The predicted molar refractivity (Wildman–Crippen MR) is 43.1 cm³/mol. The maximum absolute atomic E-state index is 2.99. The van der Waals surface area contributed by atoms with Crippen LogP contribution in [0.15, 0.2) is 36.5 Å². The topological polar surface area (TPSA) is 0 Å². The molecule has 0 aromatic heterocycles. The molecule has 0 aliphatic heterocycles. The van der Waals surface area contributed by atoms with E-state index < -0.39 is 0 Å². The Balaban J connectivity index is -0.000000125. The molecule has 2 rings (SSSR count). The molecule has 13 heavy (non-hydrogen) atoms. The maximum Gasteiger partial charge on any atom is 4.00 e. The molecular weight excluding hydrogens is 242 g/mol. The maximum atomic E-state index is 2.99. The van der Waals surface area contributed by atoms with E-state index in [0.717, 1.165) is 12.8 Å². The van der Waals surface area contributed by atoms with Crippen molar-refractivity contribution in [2.75, 3.05) is 0 Å². The van der Waals surface area contributed by atoms with Gasteiger partial charge in [-0.25, -0.2) is 24.3 Å². The first-order valence-corrected chi connectivity index (χ1v) is 3.43. The molecule has 3 heteroatoms. The summed E-state index contributed by atoms with van der Waals surface area (Å²) in [6.45, 7) is 0. The van der Waals surface area contributed by atoms with Crippen LogP contribution >= 0.6 is 0 Å². The van der Waals surface area contributed by atoms with Gasteiger partial charge >= 0.3 is 18.6 Å². The first-order valence-electron chi connectivity index (χ1n) is 3.43. The van der Waals surface area contributed by atoms with E-state index in [9.17, 15) is 0 Å². The Hall–Kier alpha value is 0.124. The second-order valence-corrected chi connectivity index (χ2v) is 2.01. The zero-order chi connectivity index (χ0) is 7.07. The average molecular weight is 252 g/mol. The SMILES string of the molecule is [C-]1=CC=CC1.[C-]1=CC=CC1.[Cl-].[Cl-].[V+4]. The summed E-state index contributed by atoms with van der Waals surface area (Å²) in [6.07, 6.45) is 20.0. The van der Waals surface area contributed by atoms with E-state index in [0.29, 0.717) is 0 Å². The molecule has 2 aliphatic rings. The van der Waals surface area contributed by atoms with Crippen molar-refractivity contribution in [2.24, 2.45) is 0 Å². The fourth-order valence-corrected chi connectivity index (χ4v) is 0.680. The number of hydrogen-bond donors (Lipinski definition) is 0. The van der Waals surface area contributed by atoms with Crippen LogP contribution in [-0.2, 0) is 18.6 Å². The molecular formula is C10H10Cl2V. The molecule has 0 heterocycles. The third-order valence-electron chi connectivity index (χ3n) is 1.17. The van der Waals surface area contributed by atoms with E-state index in [-0.39, 0.29) is 43.4 Å².